The summed E-state index contributed by atoms with van der Waals surface area (Å²) in [4.78, 5) is 0. The summed E-state index contributed by atoms with van der Waals surface area (Å²) in [7, 11) is 0. The summed E-state index contributed by atoms with van der Waals surface area (Å²) in [5.41, 5.74) is 7.11. The number of benzene rings is 1. The van der Waals surface area contributed by atoms with Crippen molar-refractivity contribution in [3.05, 3.63) is 29.8 Å². The first-order valence-electron chi connectivity index (χ1n) is 9.29. The highest BCUT2D eigenvalue weighted by molar-refractivity contribution is 5.30. The average Bonchev–Trinajstić information content (AvgIpc) is 2.98. The van der Waals surface area contributed by atoms with Crippen molar-refractivity contribution in [1.82, 2.24) is 0 Å². The van der Waals surface area contributed by atoms with Gasteiger partial charge >= 0.3 is 0 Å². The van der Waals surface area contributed by atoms with Gasteiger partial charge in [-0.2, -0.15) is 0 Å². The Labute approximate surface area is 141 Å². The number of aliphatic hydroxyl groups excluding tert-OH is 1. The fourth-order valence-electron chi connectivity index (χ4n) is 3.49. The molecular formula is C20H33NO2. The molecule has 2 atom stereocenters. The van der Waals surface area contributed by atoms with Gasteiger partial charge in [-0.25, -0.2) is 0 Å². The van der Waals surface area contributed by atoms with Crippen LogP contribution < -0.4 is 10.5 Å². The van der Waals surface area contributed by atoms with E-state index in [9.17, 15) is 5.11 Å². The molecule has 3 heteroatoms. The Balaban J connectivity index is 1.69. The van der Waals surface area contributed by atoms with Crippen molar-refractivity contribution in [2.75, 3.05) is 13.2 Å². The molecule has 1 fully saturated rings. The van der Waals surface area contributed by atoms with Gasteiger partial charge in [0.05, 0.1) is 13.2 Å². The summed E-state index contributed by atoms with van der Waals surface area (Å²) in [6.07, 6.45) is 10.6. The van der Waals surface area contributed by atoms with Gasteiger partial charge in [0.25, 0.3) is 0 Å². The predicted molar refractivity (Wildman–Crippen MR) is 95.9 cm³/mol. The average molecular weight is 319 g/mol. The second kappa shape index (κ2) is 9.29. The van der Waals surface area contributed by atoms with E-state index in [1.54, 1.807) is 0 Å². The van der Waals surface area contributed by atoms with Gasteiger partial charge in [0.15, 0.2) is 0 Å². The molecule has 130 valence electrons. The molecule has 1 aliphatic carbocycles. The standard InChI is InChI=1S/C20H33NO2/c1-2-3-4-5-6-7-14-23-19-10-8-17(9-11-19)18-12-13-20(21,15-18)16-22/h8-11,18,22H,2-7,12-16,21H2,1H3/t18?,20-/m1/s1. The number of hydrogen-bond acceptors (Lipinski definition) is 3. The van der Waals surface area contributed by atoms with Gasteiger partial charge in [-0.1, -0.05) is 51.2 Å². The number of aliphatic hydroxyl groups is 1. The van der Waals surface area contributed by atoms with Crippen LogP contribution in [-0.4, -0.2) is 23.9 Å². The van der Waals surface area contributed by atoms with E-state index in [0.29, 0.717) is 5.92 Å². The molecule has 0 spiro atoms. The molecule has 0 aromatic heterocycles. The molecule has 1 unspecified atom stereocenters. The predicted octanol–water partition coefficient (Wildman–Crippen LogP) is 4.38. The van der Waals surface area contributed by atoms with E-state index in [2.05, 4.69) is 31.2 Å². The van der Waals surface area contributed by atoms with Crippen LogP contribution in [0, 0.1) is 0 Å². The maximum Gasteiger partial charge on any atom is 0.119 e. The van der Waals surface area contributed by atoms with E-state index in [4.69, 9.17) is 10.5 Å². The molecule has 23 heavy (non-hydrogen) atoms. The van der Waals surface area contributed by atoms with Gasteiger partial charge in [0.2, 0.25) is 0 Å². The van der Waals surface area contributed by atoms with Crippen LogP contribution in [0.3, 0.4) is 0 Å². The molecule has 1 saturated carbocycles. The number of ether oxygens (including phenoxy) is 1. The third-order valence-corrected chi connectivity index (χ3v) is 5.08. The van der Waals surface area contributed by atoms with Crippen molar-refractivity contribution < 1.29 is 9.84 Å². The fraction of sp³-hybridized carbons (Fsp3) is 0.700. The van der Waals surface area contributed by atoms with Crippen LogP contribution in [0.1, 0.15) is 76.2 Å². The maximum atomic E-state index is 9.38. The van der Waals surface area contributed by atoms with Crippen molar-refractivity contribution in [2.45, 2.75) is 76.2 Å². The van der Waals surface area contributed by atoms with Gasteiger partial charge in [0.1, 0.15) is 5.75 Å². The molecule has 1 aromatic carbocycles. The minimum Gasteiger partial charge on any atom is -0.494 e. The number of rotatable bonds is 10. The first-order chi connectivity index (χ1) is 11.2. The summed E-state index contributed by atoms with van der Waals surface area (Å²) < 4.78 is 5.83. The molecule has 0 bridgehead atoms. The molecule has 2 rings (SSSR count). The van der Waals surface area contributed by atoms with Gasteiger partial charge in [-0.05, 0) is 49.3 Å². The third-order valence-electron chi connectivity index (χ3n) is 5.08. The third kappa shape index (κ3) is 5.82. The molecule has 3 nitrogen and oxygen atoms in total. The molecule has 0 amide bonds. The summed E-state index contributed by atoms with van der Waals surface area (Å²) in [6, 6.07) is 8.46. The van der Waals surface area contributed by atoms with Crippen molar-refractivity contribution in [3.63, 3.8) is 0 Å². The smallest absolute Gasteiger partial charge is 0.119 e. The highest BCUT2D eigenvalue weighted by Crippen LogP contribution is 2.39. The normalized spacial score (nSPS) is 24.0. The summed E-state index contributed by atoms with van der Waals surface area (Å²) in [5, 5.41) is 9.38. The van der Waals surface area contributed by atoms with Crippen molar-refractivity contribution in [1.29, 1.82) is 0 Å². The quantitative estimate of drug-likeness (QED) is 0.629. The highest BCUT2D eigenvalue weighted by Gasteiger charge is 2.35. The Kier molecular flexibility index (Phi) is 7.38. The van der Waals surface area contributed by atoms with Gasteiger partial charge in [-0.15, -0.1) is 0 Å². The molecular weight excluding hydrogens is 286 g/mol. The van der Waals surface area contributed by atoms with Crippen molar-refractivity contribution in [3.8, 4) is 5.75 Å². The minimum absolute atomic E-state index is 0.0863. The molecule has 1 aliphatic rings. The summed E-state index contributed by atoms with van der Waals surface area (Å²) >= 11 is 0. The topological polar surface area (TPSA) is 55.5 Å². The van der Waals surface area contributed by atoms with Crippen molar-refractivity contribution >= 4 is 0 Å². The maximum absolute atomic E-state index is 9.38. The van der Waals surface area contributed by atoms with Crippen LogP contribution in [0.15, 0.2) is 24.3 Å². The second-order valence-electron chi connectivity index (χ2n) is 7.15. The zero-order valence-corrected chi connectivity index (χ0v) is 14.6. The summed E-state index contributed by atoms with van der Waals surface area (Å²) in [5.74, 6) is 1.43. The fourth-order valence-corrected chi connectivity index (χ4v) is 3.49. The Morgan fingerprint density at radius 1 is 1.13 bits per heavy atom. The summed E-state index contributed by atoms with van der Waals surface area (Å²) in [6.45, 7) is 3.14. The van der Waals surface area contributed by atoms with Crippen LogP contribution in [0.2, 0.25) is 0 Å². The largest absolute Gasteiger partial charge is 0.494 e. The first kappa shape index (κ1) is 18.3. The Bertz CT molecular complexity index is 445. The molecule has 0 radical (unpaired) electrons. The van der Waals surface area contributed by atoms with Crippen LogP contribution in [0.25, 0.3) is 0 Å². The van der Waals surface area contributed by atoms with E-state index in [1.165, 1.54) is 37.7 Å². The number of nitrogens with two attached hydrogens (primary N) is 1. The second-order valence-corrected chi connectivity index (χ2v) is 7.15. The zero-order chi connectivity index (χ0) is 16.5. The lowest BCUT2D eigenvalue weighted by Gasteiger charge is -2.21. The monoisotopic (exact) mass is 319 g/mol. The van der Waals surface area contributed by atoms with Gasteiger partial charge < -0.3 is 15.6 Å². The molecule has 0 saturated heterocycles. The minimum atomic E-state index is -0.377. The molecule has 3 N–H and O–H groups in total. The lowest BCUT2D eigenvalue weighted by atomic mass is 9.94. The Morgan fingerprint density at radius 2 is 1.83 bits per heavy atom. The van der Waals surface area contributed by atoms with Gasteiger partial charge in [-0.3, -0.25) is 0 Å². The van der Waals surface area contributed by atoms with Crippen LogP contribution in [-0.2, 0) is 0 Å². The van der Waals surface area contributed by atoms with Gasteiger partial charge in [0, 0.05) is 5.54 Å². The number of hydrogen-bond donors (Lipinski definition) is 2. The van der Waals surface area contributed by atoms with Crippen molar-refractivity contribution in [2.24, 2.45) is 5.73 Å². The lowest BCUT2D eigenvalue weighted by Crippen LogP contribution is -2.40. The molecule has 0 heterocycles. The van der Waals surface area contributed by atoms with E-state index in [-0.39, 0.29) is 12.1 Å². The van der Waals surface area contributed by atoms with Crippen LogP contribution >= 0.6 is 0 Å². The van der Waals surface area contributed by atoms with E-state index >= 15 is 0 Å². The van der Waals surface area contributed by atoms with E-state index in [1.807, 2.05) is 0 Å². The van der Waals surface area contributed by atoms with Crippen LogP contribution in [0.5, 0.6) is 5.75 Å². The zero-order valence-electron chi connectivity index (χ0n) is 14.6. The van der Waals surface area contributed by atoms with E-state index in [0.717, 1.165) is 38.0 Å². The van der Waals surface area contributed by atoms with E-state index < -0.39 is 0 Å². The SMILES string of the molecule is CCCCCCCCOc1ccc(C2CC[C@](N)(CO)C2)cc1. The highest BCUT2D eigenvalue weighted by atomic mass is 16.5. The Morgan fingerprint density at radius 3 is 2.48 bits per heavy atom. The molecule has 0 aliphatic heterocycles. The number of unbranched alkanes of at least 4 members (excludes halogenated alkanes) is 5. The first-order valence-corrected chi connectivity index (χ1v) is 9.29. The van der Waals surface area contributed by atoms with Crippen LogP contribution in [0.4, 0.5) is 0 Å². The Hall–Kier alpha value is -1.06. The lowest BCUT2D eigenvalue weighted by molar-refractivity contribution is 0.198. The molecule has 1 aromatic rings.